The topological polar surface area (TPSA) is 38.9 Å². The van der Waals surface area contributed by atoms with E-state index in [0.29, 0.717) is 26.9 Å². The molecule has 0 fully saturated rings. The molecule has 0 aliphatic heterocycles. The first kappa shape index (κ1) is 16.1. The number of nitrogens with zero attached hydrogens (tertiary/aromatic N) is 2. The van der Waals surface area contributed by atoms with E-state index in [-0.39, 0.29) is 0 Å². The molecule has 1 aromatic heterocycles. The SMILES string of the molecule is Clc1ccc(CSc2nnc(-c3ccc(I)cc3)o2)cc1Cl. The van der Waals surface area contributed by atoms with Crippen molar-refractivity contribution in [3.8, 4) is 11.5 Å². The van der Waals surface area contributed by atoms with Crippen LogP contribution in [0.4, 0.5) is 0 Å². The van der Waals surface area contributed by atoms with Crippen molar-refractivity contribution in [2.24, 2.45) is 0 Å². The average molecular weight is 463 g/mol. The second-order valence-electron chi connectivity index (χ2n) is 4.42. The Morgan fingerprint density at radius 3 is 2.50 bits per heavy atom. The Morgan fingerprint density at radius 2 is 1.77 bits per heavy atom. The largest absolute Gasteiger partial charge is 0.411 e. The molecule has 0 saturated heterocycles. The Labute approximate surface area is 155 Å². The third-order valence-corrected chi connectivity index (χ3v) is 5.19. The zero-order valence-electron chi connectivity index (χ0n) is 11.1. The predicted molar refractivity (Wildman–Crippen MR) is 98.5 cm³/mol. The molecule has 3 aromatic rings. The second kappa shape index (κ2) is 7.21. The molecule has 0 spiro atoms. The van der Waals surface area contributed by atoms with E-state index in [1.54, 1.807) is 6.07 Å². The quantitative estimate of drug-likeness (QED) is 0.355. The molecule has 0 saturated carbocycles. The molecule has 0 aliphatic carbocycles. The van der Waals surface area contributed by atoms with E-state index in [2.05, 4.69) is 32.8 Å². The summed E-state index contributed by atoms with van der Waals surface area (Å²) in [4.78, 5) is 0. The molecular weight excluding hydrogens is 454 g/mol. The molecule has 0 unspecified atom stereocenters. The van der Waals surface area contributed by atoms with Gasteiger partial charge in [-0.15, -0.1) is 10.2 Å². The van der Waals surface area contributed by atoms with Crippen LogP contribution in [0, 0.1) is 3.57 Å². The minimum atomic E-state index is 0.521. The lowest BCUT2D eigenvalue weighted by molar-refractivity contribution is 0.466. The molecule has 3 nitrogen and oxygen atoms in total. The molecule has 0 aliphatic rings. The Balaban J connectivity index is 1.69. The molecule has 0 amide bonds. The van der Waals surface area contributed by atoms with Gasteiger partial charge in [-0.1, -0.05) is 41.0 Å². The molecule has 1 heterocycles. The van der Waals surface area contributed by atoms with Gasteiger partial charge >= 0.3 is 0 Å². The third kappa shape index (κ3) is 3.95. The van der Waals surface area contributed by atoms with Crippen LogP contribution in [0.3, 0.4) is 0 Å². The van der Waals surface area contributed by atoms with Crippen molar-refractivity contribution in [2.45, 2.75) is 11.0 Å². The fourth-order valence-corrected chi connectivity index (χ4v) is 3.14. The smallest absolute Gasteiger partial charge is 0.277 e. The van der Waals surface area contributed by atoms with E-state index in [1.807, 2.05) is 36.4 Å². The monoisotopic (exact) mass is 462 g/mol. The van der Waals surface area contributed by atoms with Gasteiger partial charge in [0.2, 0.25) is 5.89 Å². The fraction of sp³-hybridized carbons (Fsp3) is 0.0667. The fourth-order valence-electron chi connectivity index (χ4n) is 1.75. The van der Waals surface area contributed by atoms with Crippen LogP contribution in [-0.2, 0) is 5.75 Å². The van der Waals surface area contributed by atoms with Crippen molar-refractivity contribution < 1.29 is 4.42 Å². The minimum Gasteiger partial charge on any atom is -0.411 e. The lowest BCUT2D eigenvalue weighted by Crippen LogP contribution is -1.81. The summed E-state index contributed by atoms with van der Waals surface area (Å²) in [6.07, 6.45) is 0. The van der Waals surface area contributed by atoms with E-state index in [0.717, 1.165) is 14.7 Å². The van der Waals surface area contributed by atoms with Crippen LogP contribution in [0.15, 0.2) is 52.1 Å². The Hall–Kier alpha value is -0.760. The van der Waals surface area contributed by atoms with Crippen molar-refractivity contribution in [3.63, 3.8) is 0 Å². The van der Waals surface area contributed by atoms with E-state index < -0.39 is 0 Å². The van der Waals surface area contributed by atoms with E-state index in [9.17, 15) is 0 Å². The standard InChI is InChI=1S/C15H9Cl2IN2OS/c16-12-6-1-9(7-13(12)17)8-22-15-20-19-14(21-15)10-2-4-11(18)5-3-10/h1-7H,8H2. The molecule has 0 radical (unpaired) electrons. The van der Waals surface area contributed by atoms with Gasteiger partial charge in [-0.3, -0.25) is 0 Å². The van der Waals surface area contributed by atoms with Gasteiger partial charge in [-0.2, -0.15) is 0 Å². The minimum absolute atomic E-state index is 0.521. The highest BCUT2D eigenvalue weighted by atomic mass is 127. The van der Waals surface area contributed by atoms with Crippen LogP contribution >= 0.6 is 57.6 Å². The molecule has 2 aromatic carbocycles. The van der Waals surface area contributed by atoms with Gasteiger partial charge in [0.25, 0.3) is 5.22 Å². The van der Waals surface area contributed by atoms with Gasteiger partial charge < -0.3 is 4.42 Å². The van der Waals surface area contributed by atoms with Crippen molar-refractivity contribution in [1.29, 1.82) is 0 Å². The summed E-state index contributed by atoms with van der Waals surface area (Å²) >= 11 is 15.6. The number of benzene rings is 2. The second-order valence-corrected chi connectivity index (χ2v) is 7.40. The summed E-state index contributed by atoms with van der Waals surface area (Å²) in [5.74, 6) is 1.21. The number of aromatic nitrogens is 2. The Kier molecular flexibility index (Phi) is 5.28. The molecule has 0 bridgehead atoms. The first-order valence-corrected chi connectivity index (χ1v) is 9.10. The molecule has 7 heteroatoms. The van der Waals surface area contributed by atoms with E-state index >= 15 is 0 Å². The number of halogens is 3. The van der Waals surface area contributed by atoms with Crippen LogP contribution in [0.2, 0.25) is 10.0 Å². The molecule has 22 heavy (non-hydrogen) atoms. The lowest BCUT2D eigenvalue weighted by atomic mass is 10.2. The van der Waals surface area contributed by atoms with E-state index in [1.165, 1.54) is 11.8 Å². The summed E-state index contributed by atoms with van der Waals surface area (Å²) in [6, 6.07) is 13.5. The highest BCUT2D eigenvalue weighted by molar-refractivity contribution is 14.1. The maximum absolute atomic E-state index is 6.00. The van der Waals surface area contributed by atoms with Crippen molar-refractivity contribution in [2.75, 3.05) is 0 Å². The van der Waals surface area contributed by atoms with Gasteiger partial charge in [0.15, 0.2) is 0 Å². The predicted octanol–water partition coefficient (Wildman–Crippen LogP) is 5.94. The molecule has 3 rings (SSSR count). The maximum atomic E-state index is 6.00. The number of hydrogen-bond donors (Lipinski definition) is 0. The summed E-state index contributed by atoms with van der Waals surface area (Å²) in [7, 11) is 0. The molecule has 0 atom stereocenters. The normalized spacial score (nSPS) is 10.9. The van der Waals surface area contributed by atoms with Crippen LogP contribution in [0.1, 0.15) is 5.56 Å². The first-order valence-electron chi connectivity index (χ1n) is 6.28. The Bertz CT molecular complexity index is 792. The highest BCUT2D eigenvalue weighted by Crippen LogP contribution is 2.28. The van der Waals surface area contributed by atoms with Crippen molar-refractivity contribution >= 4 is 57.6 Å². The number of rotatable bonds is 4. The third-order valence-electron chi connectivity index (χ3n) is 2.84. The Morgan fingerprint density at radius 1 is 1.00 bits per heavy atom. The summed E-state index contributed by atoms with van der Waals surface area (Å²) < 4.78 is 6.83. The van der Waals surface area contributed by atoms with Gasteiger partial charge in [0.05, 0.1) is 10.0 Å². The summed E-state index contributed by atoms with van der Waals surface area (Å²) in [5.41, 5.74) is 1.96. The number of hydrogen-bond acceptors (Lipinski definition) is 4. The van der Waals surface area contributed by atoms with Gasteiger partial charge in [0, 0.05) is 14.9 Å². The first-order chi connectivity index (χ1) is 10.6. The van der Waals surface area contributed by atoms with E-state index in [4.69, 9.17) is 27.6 Å². The van der Waals surface area contributed by atoms with Crippen LogP contribution in [-0.4, -0.2) is 10.2 Å². The van der Waals surface area contributed by atoms with Crippen LogP contribution < -0.4 is 0 Å². The van der Waals surface area contributed by atoms with Crippen LogP contribution in [0.25, 0.3) is 11.5 Å². The molecule has 0 N–H and O–H groups in total. The summed E-state index contributed by atoms with van der Waals surface area (Å²) in [5, 5.41) is 9.75. The van der Waals surface area contributed by atoms with Gasteiger partial charge in [-0.25, -0.2) is 0 Å². The average Bonchev–Trinajstić information content (AvgIpc) is 2.98. The lowest BCUT2D eigenvalue weighted by Gasteiger charge is -2.00. The highest BCUT2D eigenvalue weighted by Gasteiger charge is 2.09. The zero-order valence-corrected chi connectivity index (χ0v) is 15.6. The maximum Gasteiger partial charge on any atom is 0.277 e. The van der Waals surface area contributed by atoms with Crippen molar-refractivity contribution in [1.82, 2.24) is 10.2 Å². The molecular formula is C15H9Cl2IN2OS. The summed E-state index contributed by atoms with van der Waals surface area (Å²) in [6.45, 7) is 0. The molecule has 112 valence electrons. The number of thioether (sulfide) groups is 1. The van der Waals surface area contributed by atoms with Crippen molar-refractivity contribution in [3.05, 3.63) is 61.6 Å². The zero-order chi connectivity index (χ0) is 15.5. The van der Waals surface area contributed by atoms with Crippen LogP contribution in [0.5, 0.6) is 0 Å². The van der Waals surface area contributed by atoms with Gasteiger partial charge in [-0.05, 0) is 64.6 Å². The van der Waals surface area contributed by atoms with Gasteiger partial charge in [0.1, 0.15) is 0 Å².